The van der Waals surface area contributed by atoms with Crippen molar-refractivity contribution < 1.29 is 4.74 Å². The first-order valence-corrected chi connectivity index (χ1v) is 7.00. The molecule has 2 rings (SSSR count). The van der Waals surface area contributed by atoms with Crippen LogP contribution in [0.4, 0.5) is 0 Å². The molecule has 18 heavy (non-hydrogen) atoms. The maximum atomic E-state index is 5.91. The summed E-state index contributed by atoms with van der Waals surface area (Å²) in [5.41, 5.74) is 6.99. The molecule has 0 radical (unpaired) electrons. The summed E-state index contributed by atoms with van der Waals surface area (Å²) in [5.74, 6) is 1.74. The van der Waals surface area contributed by atoms with Gasteiger partial charge in [0.1, 0.15) is 11.5 Å². The smallest absolute Gasteiger partial charge is 0.130 e. The normalized spacial score (nSPS) is 12.2. The molecule has 0 aliphatic heterocycles. The summed E-state index contributed by atoms with van der Waals surface area (Å²) >= 11 is 2.28. The zero-order valence-electron chi connectivity index (χ0n) is 10.3. The molecule has 2 aromatic carbocycles. The zero-order chi connectivity index (χ0) is 13.0. The van der Waals surface area contributed by atoms with Gasteiger partial charge in [0.25, 0.3) is 0 Å². The van der Waals surface area contributed by atoms with Gasteiger partial charge in [-0.1, -0.05) is 18.2 Å². The number of para-hydroxylation sites is 1. The minimum atomic E-state index is 0.131. The van der Waals surface area contributed by atoms with Gasteiger partial charge < -0.3 is 10.5 Å². The van der Waals surface area contributed by atoms with Gasteiger partial charge in [-0.25, -0.2) is 0 Å². The van der Waals surface area contributed by atoms with Crippen LogP contribution in [0.2, 0.25) is 0 Å². The summed E-state index contributed by atoms with van der Waals surface area (Å²) in [6, 6.07) is 16.2. The predicted octanol–water partition coefficient (Wildman–Crippen LogP) is 3.97. The first-order valence-electron chi connectivity index (χ1n) is 5.92. The minimum absolute atomic E-state index is 0.131. The fraction of sp³-hybridized carbons (Fsp3) is 0.200. The molecule has 2 nitrogen and oxygen atoms in total. The number of nitrogens with two attached hydrogens (primary N) is 1. The van der Waals surface area contributed by atoms with Gasteiger partial charge in [0.2, 0.25) is 0 Å². The number of ether oxygens (including phenoxy) is 1. The molecule has 0 spiro atoms. The van der Waals surface area contributed by atoms with Crippen LogP contribution in [0.25, 0.3) is 0 Å². The Morgan fingerprint density at radius 3 is 2.44 bits per heavy atom. The molecule has 0 aliphatic carbocycles. The molecule has 0 saturated heterocycles. The summed E-state index contributed by atoms with van der Waals surface area (Å²) in [6.07, 6.45) is 0.820. The molecule has 2 aromatic rings. The molecule has 2 N–H and O–H groups in total. The number of benzene rings is 2. The third-order valence-electron chi connectivity index (χ3n) is 2.56. The summed E-state index contributed by atoms with van der Waals surface area (Å²) < 4.78 is 7.10. The lowest BCUT2D eigenvalue weighted by molar-refractivity contribution is 0.474. The Labute approximate surface area is 121 Å². The third-order valence-corrected chi connectivity index (χ3v) is 3.28. The van der Waals surface area contributed by atoms with Crippen molar-refractivity contribution in [1.29, 1.82) is 0 Å². The van der Waals surface area contributed by atoms with E-state index in [0.29, 0.717) is 0 Å². The Bertz CT molecular complexity index is 508. The molecule has 0 bridgehead atoms. The lowest BCUT2D eigenvalue weighted by Crippen LogP contribution is -2.18. The summed E-state index contributed by atoms with van der Waals surface area (Å²) in [6.45, 7) is 2.00. The first-order chi connectivity index (χ1) is 8.65. The Kier molecular flexibility index (Phi) is 4.60. The van der Waals surface area contributed by atoms with E-state index in [4.69, 9.17) is 10.5 Å². The topological polar surface area (TPSA) is 35.2 Å². The van der Waals surface area contributed by atoms with Gasteiger partial charge in [-0.2, -0.15) is 0 Å². The van der Waals surface area contributed by atoms with Crippen LogP contribution in [0.3, 0.4) is 0 Å². The van der Waals surface area contributed by atoms with Crippen LogP contribution in [-0.2, 0) is 6.42 Å². The molecule has 0 fully saturated rings. The standard InChI is InChI=1S/C15H16INO/c1-11(17)10-12-4-2-3-5-15(12)18-14-8-6-13(16)7-9-14/h2-9,11H,10,17H2,1H3. The van der Waals surface area contributed by atoms with E-state index in [1.54, 1.807) is 0 Å². The minimum Gasteiger partial charge on any atom is -0.457 e. The van der Waals surface area contributed by atoms with Crippen molar-refractivity contribution in [3.63, 3.8) is 0 Å². The first kappa shape index (κ1) is 13.4. The van der Waals surface area contributed by atoms with Gasteiger partial charge >= 0.3 is 0 Å². The van der Waals surface area contributed by atoms with Crippen LogP contribution in [0.1, 0.15) is 12.5 Å². The van der Waals surface area contributed by atoms with Gasteiger partial charge in [-0.15, -0.1) is 0 Å². The summed E-state index contributed by atoms with van der Waals surface area (Å²) in [4.78, 5) is 0. The highest BCUT2D eigenvalue weighted by molar-refractivity contribution is 14.1. The Balaban J connectivity index is 2.20. The second kappa shape index (κ2) is 6.20. The van der Waals surface area contributed by atoms with Crippen LogP contribution < -0.4 is 10.5 Å². The second-order valence-electron chi connectivity index (χ2n) is 4.35. The van der Waals surface area contributed by atoms with Crippen molar-refractivity contribution in [2.45, 2.75) is 19.4 Å². The van der Waals surface area contributed by atoms with Gasteiger partial charge in [-0.3, -0.25) is 0 Å². The Morgan fingerprint density at radius 2 is 1.78 bits per heavy atom. The maximum Gasteiger partial charge on any atom is 0.130 e. The molecule has 94 valence electrons. The summed E-state index contributed by atoms with van der Waals surface area (Å²) in [7, 11) is 0. The van der Waals surface area contributed by atoms with Crippen molar-refractivity contribution in [2.24, 2.45) is 5.73 Å². The van der Waals surface area contributed by atoms with Crippen molar-refractivity contribution in [3.05, 3.63) is 57.7 Å². The zero-order valence-corrected chi connectivity index (χ0v) is 12.4. The summed E-state index contributed by atoms with van der Waals surface area (Å²) in [5, 5.41) is 0. The highest BCUT2D eigenvalue weighted by Crippen LogP contribution is 2.26. The average Bonchev–Trinajstić information content (AvgIpc) is 2.34. The van der Waals surface area contributed by atoms with Crippen LogP contribution in [-0.4, -0.2) is 6.04 Å². The average molecular weight is 353 g/mol. The van der Waals surface area contributed by atoms with E-state index in [1.807, 2.05) is 49.4 Å². The fourth-order valence-electron chi connectivity index (χ4n) is 1.75. The molecular formula is C15H16INO. The molecule has 0 heterocycles. The molecule has 1 atom stereocenters. The number of rotatable bonds is 4. The fourth-order valence-corrected chi connectivity index (χ4v) is 2.11. The molecule has 3 heteroatoms. The Morgan fingerprint density at radius 1 is 1.11 bits per heavy atom. The molecule has 1 unspecified atom stereocenters. The van der Waals surface area contributed by atoms with E-state index < -0.39 is 0 Å². The van der Waals surface area contributed by atoms with Crippen LogP contribution in [0.15, 0.2) is 48.5 Å². The molecular weight excluding hydrogens is 337 g/mol. The van der Waals surface area contributed by atoms with Crippen LogP contribution >= 0.6 is 22.6 Å². The van der Waals surface area contributed by atoms with Crippen molar-refractivity contribution >= 4 is 22.6 Å². The number of halogens is 1. The lowest BCUT2D eigenvalue weighted by Gasteiger charge is -2.12. The van der Waals surface area contributed by atoms with E-state index in [2.05, 4.69) is 28.7 Å². The highest BCUT2D eigenvalue weighted by atomic mass is 127. The van der Waals surface area contributed by atoms with Crippen molar-refractivity contribution in [3.8, 4) is 11.5 Å². The number of hydrogen-bond acceptors (Lipinski definition) is 2. The van der Waals surface area contributed by atoms with E-state index >= 15 is 0 Å². The van der Waals surface area contributed by atoms with E-state index in [9.17, 15) is 0 Å². The molecule has 0 saturated carbocycles. The van der Waals surface area contributed by atoms with Crippen molar-refractivity contribution in [2.75, 3.05) is 0 Å². The Hall–Kier alpha value is -1.07. The van der Waals surface area contributed by atoms with Gasteiger partial charge in [0.05, 0.1) is 0 Å². The monoisotopic (exact) mass is 353 g/mol. The van der Waals surface area contributed by atoms with Crippen LogP contribution in [0.5, 0.6) is 11.5 Å². The largest absolute Gasteiger partial charge is 0.457 e. The van der Waals surface area contributed by atoms with Crippen LogP contribution in [0, 0.1) is 3.57 Å². The SMILES string of the molecule is CC(N)Cc1ccccc1Oc1ccc(I)cc1. The van der Waals surface area contributed by atoms with E-state index in [-0.39, 0.29) is 6.04 Å². The predicted molar refractivity (Wildman–Crippen MR) is 83.0 cm³/mol. The van der Waals surface area contributed by atoms with Gasteiger partial charge in [0.15, 0.2) is 0 Å². The lowest BCUT2D eigenvalue weighted by atomic mass is 10.1. The molecule has 0 aromatic heterocycles. The molecule has 0 aliphatic rings. The highest BCUT2D eigenvalue weighted by Gasteiger charge is 2.06. The van der Waals surface area contributed by atoms with E-state index in [1.165, 1.54) is 3.57 Å². The van der Waals surface area contributed by atoms with Gasteiger partial charge in [0, 0.05) is 9.61 Å². The quantitative estimate of drug-likeness (QED) is 0.845. The van der Waals surface area contributed by atoms with Gasteiger partial charge in [-0.05, 0) is 71.8 Å². The maximum absolute atomic E-state index is 5.91. The third kappa shape index (κ3) is 3.71. The number of hydrogen-bond donors (Lipinski definition) is 1. The van der Waals surface area contributed by atoms with E-state index in [0.717, 1.165) is 23.5 Å². The second-order valence-corrected chi connectivity index (χ2v) is 5.59. The molecule has 0 amide bonds. The van der Waals surface area contributed by atoms with Crippen molar-refractivity contribution in [1.82, 2.24) is 0 Å².